The molecule has 4 heterocycles. The first kappa shape index (κ1) is 30.4. The summed E-state index contributed by atoms with van der Waals surface area (Å²) in [6, 6.07) is 0.715. The van der Waals surface area contributed by atoms with E-state index in [4.69, 9.17) is 28.9 Å². The number of allylic oxidation sites excluding steroid dienone is 2. The van der Waals surface area contributed by atoms with Crippen LogP contribution < -0.4 is 21.6 Å². The third-order valence-corrected chi connectivity index (χ3v) is 8.32. The maximum absolute atomic E-state index is 15.9. The molecule has 0 bridgehead atoms. The lowest BCUT2D eigenvalue weighted by Crippen LogP contribution is -2.49. The van der Waals surface area contributed by atoms with Crippen LogP contribution in [0.1, 0.15) is 20.8 Å². The van der Waals surface area contributed by atoms with Gasteiger partial charge in [0.25, 0.3) is 0 Å². The number of anilines is 2. The molecule has 14 heteroatoms. The van der Waals surface area contributed by atoms with Crippen LogP contribution in [0.5, 0.6) is 0 Å². The minimum absolute atomic E-state index is 0.00489. The molecule has 3 N–H and O–H groups in total. The first-order valence-corrected chi connectivity index (χ1v) is 14.2. The third kappa shape index (κ3) is 5.12. The Morgan fingerprint density at radius 2 is 1.81 bits per heavy atom. The summed E-state index contributed by atoms with van der Waals surface area (Å²) in [6.45, 7) is 10.5. The Hall–Kier alpha value is -4.03. The molecule has 5 rings (SSSR count). The zero-order chi connectivity index (χ0) is 31.3. The average Bonchev–Trinajstić information content (AvgIpc) is 2.99. The number of carbonyl (C=O) groups excluding carboxylic acids is 1. The number of hydrogen-bond donors (Lipinski definition) is 2. The molecule has 0 radical (unpaired) electrons. The number of halogens is 5. The predicted octanol–water partition coefficient (Wildman–Crippen LogP) is 4.97. The number of nitrogens with one attached hydrogen (secondary N) is 1. The topological polar surface area (TPSA) is 109 Å². The summed E-state index contributed by atoms with van der Waals surface area (Å²) < 4.78 is 46.9. The minimum Gasteiger partial charge on any atom is -0.397 e. The molecular weight excluding hydrogens is 606 g/mol. The van der Waals surface area contributed by atoms with Gasteiger partial charge in [-0.25, -0.2) is 27.5 Å². The van der Waals surface area contributed by atoms with Crippen LogP contribution in [0.4, 0.5) is 24.7 Å². The van der Waals surface area contributed by atoms with Crippen LogP contribution in [-0.2, 0) is 4.79 Å². The normalized spacial score (nSPS) is 17.2. The van der Waals surface area contributed by atoms with Gasteiger partial charge in [-0.05, 0) is 42.8 Å². The van der Waals surface area contributed by atoms with Crippen molar-refractivity contribution in [1.82, 2.24) is 24.8 Å². The molecule has 2 aromatic heterocycles. The van der Waals surface area contributed by atoms with E-state index in [-0.39, 0.29) is 34.7 Å². The number of piperazine rings is 1. The molecule has 1 unspecified atom stereocenters. The molecule has 1 amide bonds. The summed E-state index contributed by atoms with van der Waals surface area (Å²) >= 11 is 11.8. The minimum atomic E-state index is -1.35. The van der Waals surface area contributed by atoms with Gasteiger partial charge in [-0.15, -0.1) is 0 Å². The Morgan fingerprint density at radius 3 is 2.44 bits per heavy atom. The fraction of sp³-hybridized carbons (Fsp3) is 0.310. The van der Waals surface area contributed by atoms with E-state index in [1.807, 2.05) is 20.8 Å². The zero-order valence-electron chi connectivity index (χ0n) is 23.5. The second-order valence-corrected chi connectivity index (χ2v) is 11.4. The van der Waals surface area contributed by atoms with E-state index in [1.165, 1.54) is 10.6 Å². The van der Waals surface area contributed by atoms with Gasteiger partial charge >= 0.3 is 5.69 Å². The molecule has 1 atom stereocenters. The van der Waals surface area contributed by atoms with Crippen LogP contribution in [0.2, 0.25) is 10.0 Å². The smallest absolute Gasteiger partial charge is 0.355 e. The van der Waals surface area contributed by atoms with Gasteiger partial charge in [-0.1, -0.05) is 43.6 Å². The number of nitrogens with zero attached hydrogens (tertiary/aromatic N) is 5. The lowest BCUT2D eigenvalue weighted by Gasteiger charge is -2.36. The van der Waals surface area contributed by atoms with Crippen LogP contribution in [0.15, 0.2) is 41.4 Å². The van der Waals surface area contributed by atoms with Crippen molar-refractivity contribution in [2.45, 2.75) is 26.8 Å². The Bertz CT molecular complexity index is 1770. The summed E-state index contributed by atoms with van der Waals surface area (Å²) in [5.74, 6) is -3.77. The van der Waals surface area contributed by atoms with Crippen molar-refractivity contribution in [2.24, 2.45) is 5.92 Å². The Balaban J connectivity index is 1.82. The number of benzene rings is 1. The predicted molar refractivity (Wildman–Crippen MR) is 162 cm³/mol. The molecule has 0 spiro atoms. The molecule has 2 aliphatic heterocycles. The average molecular weight is 634 g/mol. The molecule has 0 aliphatic carbocycles. The number of dihydropyridines is 1. The number of pyridine rings is 1. The van der Waals surface area contributed by atoms with Crippen molar-refractivity contribution in [3.63, 3.8) is 0 Å². The summed E-state index contributed by atoms with van der Waals surface area (Å²) in [7, 11) is 0. The molecule has 43 heavy (non-hydrogen) atoms. The standard InChI is InChI=1S/C29H28Cl2F3N7O2/c1-5-17(42)39-8-10-40(11-9-39)27-15-12-16(32)25(18-21(33)19(30)22(34)20(31)23(18)35)37-28(15)41(29(43)38-27)26-14(4)6-7-36-24(26)13(2)3/h5-7,12-13,24,36H,1,8-11,35H2,2-4H3. The van der Waals surface area contributed by atoms with E-state index < -0.39 is 50.1 Å². The summed E-state index contributed by atoms with van der Waals surface area (Å²) in [5.41, 5.74) is 4.58. The Morgan fingerprint density at radius 1 is 1.14 bits per heavy atom. The highest BCUT2D eigenvalue weighted by atomic mass is 35.5. The zero-order valence-corrected chi connectivity index (χ0v) is 25.0. The van der Waals surface area contributed by atoms with Gasteiger partial charge in [-0.2, -0.15) is 4.98 Å². The summed E-state index contributed by atoms with van der Waals surface area (Å²) in [5, 5.41) is 1.73. The summed E-state index contributed by atoms with van der Waals surface area (Å²) in [6.07, 6.45) is 4.76. The number of fused-ring (bicyclic) bond motifs is 1. The van der Waals surface area contributed by atoms with Crippen molar-refractivity contribution in [3.8, 4) is 11.3 Å². The van der Waals surface area contributed by atoms with Crippen molar-refractivity contribution >= 4 is 57.3 Å². The number of rotatable bonds is 5. The van der Waals surface area contributed by atoms with Gasteiger partial charge < -0.3 is 20.9 Å². The van der Waals surface area contributed by atoms with Crippen molar-refractivity contribution in [3.05, 3.63) is 74.6 Å². The molecule has 1 aromatic carbocycles. The monoisotopic (exact) mass is 633 g/mol. The summed E-state index contributed by atoms with van der Waals surface area (Å²) in [4.78, 5) is 38.2. The molecule has 1 saturated heterocycles. The SMILES string of the molecule is C=CC(=O)N1CCN(c2nc(=O)n(C3=C(C)C=CNC3C(C)C)c3nc(-c4c(N)c(Cl)c(F)c(Cl)c4F)c(F)cc23)CC1. The molecule has 0 saturated carbocycles. The fourth-order valence-electron chi connectivity index (χ4n) is 5.40. The van der Waals surface area contributed by atoms with Crippen molar-refractivity contribution in [1.29, 1.82) is 0 Å². The van der Waals surface area contributed by atoms with Gasteiger partial charge in [0.2, 0.25) is 5.91 Å². The number of aromatic nitrogens is 3. The van der Waals surface area contributed by atoms with Gasteiger partial charge in [0.1, 0.15) is 21.6 Å². The highest BCUT2D eigenvalue weighted by Gasteiger charge is 2.31. The fourth-order valence-corrected chi connectivity index (χ4v) is 5.82. The first-order valence-electron chi connectivity index (χ1n) is 13.4. The van der Waals surface area contributed by atoms with Gasteiger partial charge in [0.05, 0.1) is 28.4 Å². The Labute approximate surface area is 255 Å². The maximum atomic E-state index is 15.9. The van der Waals surface area contributed by atoms with Gasteiger partial charge in [-0.3, -0.25) is 4.79 Å². The van der Waals surface area contributed by atoms with Crippen LogP contribution >= 0.6 is 23.2 Å². The van der Waals surface area contributed by atoms with E-state index in [0.29, 0.717) is 31.9 Å². The molecule has 9 nitrogen and oxygen atoms in total. The van der Waals surface area contributed by atoms with Crippen molar-refractivity contribution < 1.29 is 18.0 Å². The first-order chi connectivity index (χ1) is 20.4. The molecule has 1 fully saturated rings. The number of amides is 1. The Kier molecular flexibility index (Phi) is 8.19. The second kappa shape index (κ2) is 11.6. The van der Waals surface area contributed by atoms with Crippen LogP contribution in [0, 0.1) is 23.4 Å². The third-order valence-electron chi connectivity index (χ3n) is 7.62. The van der Waals surface area contributed by atoms with E-state index >= 15 is 8.78 Å². The number of hydrogen-bond acceptors (Lipinski definition) is 7. The highest BCUT2D eigenvalue weighted by molar-refractivity contribution is 6.37. The van der Waals surface area contributed by atoms with Crippen LogP contribution in [-0.4, -0.2) is 57.6 Å². The lowest BCUT2D eigenvalue weighted by atomic mass is 9.95. The van der Waals surface area contributed by atoms with Gasteiger partial charge in [0.15, 0.2) is 23.1 Å². The largest absolute Gasteiger partial charge is 0.397 e. The second-order valence-electron chi connectivity index (χ2n) is 10.6. The van der Waals surface area contributed by atoms with Crippen LogP contribution in [0.3, 0.4) is 0 Å². The number of nitrogen functional groups attached to an aromatic ring is 1. The van der Waals surface area contributed by atoms with Gasteiger partial charge in [0, 0.05) is 26.2 Å². The lowest BCUT2D eigenvalue weighted by molar-refractivity contribution is -0.126. The molecule has 3 aromatic rings. The molecule has 2 aliphatic rings. The quantitative estimate of drug-likeness (QED) is 0.177. The van der Waals surface area contributed by atoms with E-state index in [0.717, 1.165) is 11.6 Å². The van der Waals surface area contributed by atoms with E-state index in [1.54, 1.807) is 22.1 Å². The number of carbonyl (C=O) groups is 1. The van der Waals surface area contributed by atoms with Crippen molar-refractivity contribution in [2.75, 3.05) is 36.8 Å². The van der Waals surface area contributed by atoms with E-state index in [2.05, 4.69) is 21.9 Å². The highest BCUT2D eigenvalue weighted by Crippen LogP contribution is 2.42. The molecule has 226 valence electrons. The van der Waals surface area contributed by atoms with E-state index in [9.17, 15) is 14.0 Å². The maximum Gasteiger partial charge on any atom is 0.355 e. The number of nitrogens with two attached hydrogens (primary N) is 1. The van der Waals surface area contributed by atoms with Crippen LogP contribution in [0.25, 0.3) is 28.0 Å². The molecular formula is C29H28Cl2F3N7O2.